The number of aromatic nitrogens is 2. The Labute approximate surface area is 109 Å². The highest BCUT2D eigenvalue weighted by Crippen LogP contribution is 2.28. The predicted molar refractivity (Wildman–Crippen MR) is 70.9 cm³/mol. The Hall–Kier alpha value is -1.42. The zero-order valence-electron chi connectivity index (χ0n) is 9.31. The van der Waals surface area contributed by atoms with Crippen LogP contribution in [0.5, 0.6) is 0 Å². The van der Waals surface area contributed by atoms with Gasteiger partial charge < -0.3 is 4.90 Å². The zero-order chi connectivity index (χ0) is 11.7. The Morgan fingerprint density at radius 1 is 1.24 bits per heavy atom. The summed E-state index contributed by atoms with van der Waals surface area (Å²) in [5.74, 6) is 0.953. The number of anilines is 1. The van der Waals surface area contributed by atoms with Crippen LogP contribution in [0.25, 0.3) is 0 Å². The number of halogens is 1. The Balaban J connectivity index is 1.93. The maximum Gasteiger partial charge on any atom is 0.147 e. The van der Waals surface area contributed by atoms with Crippen LogP contribution < -0.4 is 4.90 Å². The first-order chi connectivity index (χ1) is 8.34. The van der Waals surface area contributed by atoms with Crippen molar-refractivity contribution in [2.75, 3.05) is 11.4 Å². The van der Waals surface area contributed by atoms with Gasteiger partial charge in [-0.1, -0.05) is 28.1 Å². The minimum atomic E-state index is 0.898. The molecule has 86 valence electrons. The maximum absolute atomic E-state index is 4.35. The van der Waals surface area contributed by atoms with Crippen molar-refractivity contribution >= 4 is 21.7 Å². The fraction of sp³-hybridized carbons (Fsp3) is 0.231. The summed E-state index contributed by atoms with van der Waals surface area (Å²) in [6.07, 6.45) is 6.33. The zero-order valence-corrected chi connectivity index (χ0v) is 10.9. The third kappa shape index (κ3) is 2.05. The lowest BCUT2D eigenvalue weighted by Gasteiger charge is -2.30. The summed E-state index contributed by atoms with van der Waals surface area (Å²) in [6.45, 7) is 1.90. The number of nitrogens with zero attached hydrogens (tertiary/aromatic N) is 3. The molecular formula is C13H12BrN3. The molecule has 17 heavy (non-hydrogen) atoms. The Bertz CT molecular complexity index is 527. The van der Waals surface area contributed by atoms with Gasteiger partial charge in [0.25, 0.3) is 0 Å². The molecule has 2 heterocycles. The number of hydrogen-bond donors (Lipinski definition) is 0. The molecule has 0 bridgehead atoms. The van der Waals surface area contributed by atoms with Gasteiger partial charge in [-0.3, -0.25) is 4.98 Å². The summed E-state index contributed by atoms with van der Waals surface area (Å²) in [5, 5.41) is 0. The van der Waals surface area contributed by atoms with Crippen molar-refractivity contribution in [1.82, 2.24) is 9.97 Å². The topological polar surface area (TPSA) is 29.0 Å². The lowest BCUT2D eigenvalue weighted by Crippen LogP contribution is -2.31. The van der Waals surface area contributed by atoms with Crippen molar-refractivity contribution in [2.45, 2.75) is 13.0 Å². The van der Waals surface area contributed by atoms with Gasteiger partial charge in [-0.25, -0.2) is 4.98 Å². The normalized spacial score (nSPS) is 14.5. The first-order valence-electron chi connectivity index (χ1n) is 5.62. The van der Waals surface area contributed by atoms with Crippen LogP contribution in [-0.4, -0.2) is 16.5 Å². The van der Waals surface area contributed by atoms with Gasteiger partial charge in [0.05, 0.1) is 6.20 Å². The molecule has 0 spiro atoms. The maximum atomic E-state index is 4.35. The summed E-state index contributed by atoms with van der Waals surface area (Å²) < 4.78 is 1.18. The van der Waals surface area contributed by atoms with Gasteiger partial charge in [0.1, 0.15) is 5.82 Å². The summed E-state index contributed by atoms with van der Waals surface area (Å²) >= 11 is 3.62. The van der Waals surface area contributed by atoms with E-state index in [0.717, 1.165) is 25.3 Å². The van der Waals surface area contributed by atoms with E-state index < -0.39 is 0 Å². The van der Waals surface area contributed by atoms with Gasteiger partial charge in [-0.05, 0) is 23.6 Å². The standard InChI is InChI=1S/C13H12BrN3/c14-12-3-1-2-10-4-7-17(9-11(10)12)13-8-15-5-6-16-13/h1-3,5-6,8H,4,7,9H2. The van der Waals surface area contributed by atoms with E-state index >= 15 is 0 Å². The van der Waals surface area contributed by atoms with Crippen LogP contribution in [0.4, 0.5) is 5.82 Å². The van der Waals surface area contributed by atoms with Gasteiger partial charge in [-0.15, -0.1) is 0 Å². The van der Waals surface area contributed by atoms with Gasteiger partial charge in [0.2, 0.25) is 0 Å². The predicted octanol–water partition coefficient (Wildman–Crippen LogP) is 2.80. The molecular weight excluding hydrogens is 278 g/mol. The second-order valence-corrected chi connectivity index (χ2v) is 4.97. The first-order valence-corrected chi connectivity index (χ1v) is 6.41. The van der Waals surface area contributed by atoms with Crippen LogP contribution in [-0.2, 0) is 13.0 Å². The molecule has 0 unspecified atom stereocenters. The molecule has 0 aliphatic carbocycles. The van der Waals surface area contributed by atoms with Crippen LogP contribution >= 0.6 is 15.9 Å². The molecule has 0 saturated carbocycles. The molecule has 0 saturated heterocycles. The number of rotatable bonds is 1. The van der Waals surface area contributed by atoms with E-state index in [1.54, 1.807) is 12.4 Å². The SMILES string of the molecule is Brc1cccc2c1CN(c1cnccn1)CC2. The molecule has 3 nitrogen and oxygen atoms in total. The van der Waals surface area contributed by atoms with Crippen molar-refractivity contribution in [3.8, 4) is 0 Å². The van der Waals surface area contributed by atoms with Crippen LogP contribution in [0.3, 0.4) is 0 Å². The van der Waals surface area contributed by atoms with Crippen LogP contribution in [0.15, 0.2) is 41.3 Å². The third-order valence-electron chi connectivity index (χ3n) is 3.09. The van der Waals surface area contributed by atoms with E-state index in [1.807, 2.05) is 6.20 Å². The third-order valence-corrected chi connectivity index (χ3v) is 3.83. The van der Waals surface area contributed by atoms with Crippen molar-refractivity contribution in [1.29, 1.82) is 0 Å². The van der Waals surface area contributed by atoms with E-state index in [0.29, 0.717) is 0 Å². The van der Waals surface area contributed by atoms with Crippen molar-refractivity contribution in [3.63, 3.8) is 0 Å². The van der Waals surface area contributed by atoms with E-state index in [-0.39, 0.29) is 0 Å². The summed E-state index contributed by atoms with van der Waals surface area (Å²) in [6, 6.07) is 6.40. The highest BCUT2D eigenvalue weighted by atomic mass is 79.9. The second kappa shape index (κ2) is 4.45. The minimum Gasteiger partial charge on any atom is -0.351 e. The number of hydrogen-bond acceptors (Lipinski definition) is 3. The van der Waals surface area contributed by atoms with Gasteiger partial charge in [0, 0.05) is 30.0 Å². The molecule has 4 heteroatoms. The summed E-state index contributed by atoms with van der Waals surface area (Å²) in [5.41, 5.74) is 2.80. The molecule has 0 fully saturated rings. The smallest absolute Gasteiger partial charge is 0.147 e. The van der Waals surface area contributed by atoms with Crippen molar-refractivity contribution < 1.29 is 0 Å². The Morgan fingerprint density at radius 2 is 2.18 bits per heavy atom. The van der Waals surface area contributed by atoms with Gasteiger partial charge >= 0.3 is 0 Å². The van der Waals surface area contributed by atoms with E-state index in [2.05, 4.69) is 49.0 Å². The lowest BCUT2D eigenvalue weighted by molar-refractivity contribution is 0.716. The largest absolute Gasteiger partial charge is 0.351 e. The molecule has 2 aromatic rings. The molecule has 0 atom stereocenters. The highest BCUT2D eigenvalue weighted by molar-refractivity contribution is 9.10. The van der Waals surface area contributed by atoms with Gasteiger partial charge in [0.15, 0.2) is 0 Å². The highest BCUT2D eigenvalue weighted by Gasteiger charge is 2.18. The molecule has 0 N–H and O–H groups in total. The summed E-state index contributed by atoms with van der Waals surface area (Å²) in [7, 11) is 0. The van der Waals surface area contributed by atoms with Crippen LogP contribution in [0.2, 0.25) is 0 Å². The number of benzene rings is 1. The Kier molecular flexibility index (Phi) is 2.81. The van der Waals surface area contributed by atoms with Gasteiger partial charge in [-0.2, -0.15) is 0 Å². The van der Waals surface area contributed by atoms with Crippen LogP contribution in [0.1, 0.15) is 11.1 Å². The molecule has 0 amide bonds. The average molecular weight is 290 g/mol. The average Bonchev–Trinajstić information content (AvgIpc) is 2.40. The second-order valence-electron chi connectivity index (χ2n) is 4.11. The lowest BCUT2D eigenvalue weighted by atomic mass is 10.00. The summed E-state index contributed by atoms with van der Waals surface area (Å²) in [4.78, 5) is 10.7. The number of fused-ring (bicyclic) bond motifs is 1. The monoisotopic (exact) mass is 289 g/mol. The fourth-order valence-corrected chi connectivity index (χ4v) is 2.72. The van der Waals surface area contributed by atoms with Crippen LogP contribution in [0, 0.1) is 0 Å². The van der Waals surface area contributed by atoms with Crippen molar-refractivity contribution in [2.24, 2.45) is 0 Å². The fourth-order valence-electron chi connectivity index (χ4n) is 2.19. The van der Waals surface area contributed by atoms with E-state index in [1.165, 1.54) is 15.6 Å². The van der Waals surface area contributed by atoms with E-state index in [9.17, 15) is 0 Å². The molecule has 1 aromatic carbocycles. The van der Waals surface area contributed by atoms with Crippen molar-refractivity contribution in [3.05, 3.63) is 52.4 Å². The Morgan fingerprint density at radius 3 is 3.00 bits per heavy atom. The molecule has 1 aliphatic rings. The van der Waals surface area contributed by atoms with E-state index in [4.69, 9.17) is 0 Å². The quantitative estimate of drug-likeness (QED) is 0.808. The molecule has 0 radical (unpaired) electrons. The minimum absolute atomic E-state index is 0.898. The molecule has 1 aromatic heterocycles. The molecule has 3 rings (SSSR count). The molecule has 1 aliphatic heterocycles. The first kappa shape index (κ1) is 10.7.